The third-order valence-corrected chi connectivity index (χ3v) is 3.46. The molecule has 2 aromatic carbocycles. The maximum Gasteiger partial charge on any atom is 0.259 e. The fraction of sp³-hybridized carbons (Fsp3) is 0.263. The van der Waals surface area contributed by atoms with Crippen molar-refractivity contribution in [1.82, 2.24) is 5.43 Å². The fourth-order valence-corrected chi connectivity index (χ4v) is 2.26. The Bertz CT molecular complexity index is 697. The number of nitrogens with one attached hydrogen (secondary N) is 2. The van der Waals surface area contributed by atoms with Gasteiger partial charge in [0.25, 0.3) is 5.91 Å². The summed E-state index contributed by atoms with van der Waals surface area (Å²) in [6.45, 7) is 4.21. The molecule has 126 valence electrons. The highest BCUT2D eigenvalue weighted by atomic mass is 16.5. The Kier molecular flexibility index (Phi) is 6.37. The quantitative estimate of drug-likeness (QED) is 0.606. The molecule has 0 aliphatic rings. The van der Waals surface area contributed by atoms with Gasteiger partial charge in [0.05, 0.1) is 25.1 Å². The Morgan fingerprint density at radius 3 is 2.42 bits per heavy atom. The molecule has 0 aliphatic heterocycles. The van der Waals surface area contributed by atoms with E-state index in [1.807, 2.05) is 68.4 Å². The summed E-state index contributed by atoms with van der Waals surface area (Å²) in [5.74, 6) is 0.686. The summed E-state index contributed by atoms with van der Waals surface area (Å²) >= 11 is 0. The Balaban J connectivity index is 1.98. The molecule has 0 heterocycles. The largest absolute Gasteiger partial charge is 0.495 e. The molecule has 24 heavy (non-hydrogen) atoms. The smallest absolute Gasteiger partial charge is 0.259 e. The maximum absolute atomic E-state index is 12.1. The van der Waals surface area contributed by atoms with Crippen molar-refractivity contribution in [3.05, 3.63) is 60.2 Å². The predicted octanol–water partition coefficient (Wildman–Crippen LogP) is 3.28. The average molecular weight is 325 g/mol. The van der Waals surface area contributed by atoms with E-state index in [2.05, 4.69) is 15.8 Å². The van der Waals surface area contributed by atoms with Crippen LogP contribution in [0, 0.1) is 5.92 Å². The van der Waals surface area contributed by atoms with E-state index in [1.54, 1.807) is 7.11 Å². The molecule has 0 spiro atoms. The van der Waals surface area contributed by atoms with Crippen molar-refractivity contribution >= 4 is 17.3 Å². The van der Waals surface area contributed by atoms with Gasteiger partial charge in [-0.3, -0.25) is 4.79 Å². The van der Waals surface area contributed by atoms with E-state index in [4.69, 9.17) is 4.74 Å². The highest BCUT2D eigenvalue weighted by molar-refractivity contribution is 6.02. The highest BCUT2D eigenvalue weighted by Gasteiger charge is 2.09. The third kappa shape index (κ3) is 4.84. The predicted molar refractivity (Wildman–Crippen MR) is 97.4 cm³/mol. The standard InChI is InChI=1S/C19H23N3O2/c1-14(2)19(15-9-5-4-6-10-15)22-21-18(23)13-20-16-11-7-8-12-17(16)24-3/h4-12,14,20H,13H2,1-3H3,(H,21,23)/b22-19+. The lowest BCUT2D eigenvalue weighted by molar-refractivity contribution is -0.119. The van der Waals surface area contributed by atoms with Gasteiger partial charge in [-0.05, 0) is 23.6 Å². The summed E-state index contributed by atoms with van der Waals surface area (Å²) in [7, 11) is 1.60. The Hall–Kier alpha value is -2.82. The van der Waals surface area contributed by atoms with Crippen molar-refractivity contribution in [2.24, 2.45) is 11.0 Å². The zero-order chi connectivity index (χ0) is 17.4. The Morgan fingerprint density at radius 2 is 1.75 bits per heavy atom. The molecule has 0 bridgehead atoms. The Labute approximate surface area is 142 Å². The SMILES string of the molecule is COc1ccccc1NCC(=O)N/N=C(/c1ccccc1)C(C)C. The van der Waals surface area contributed by atoms with Crippen molar-refractivity contribution in [1.29, 1.82) is 0 Å². The molecular weight excluding hydrogens is 302 g/mol. The van der Waals surface area contributed by atoms with Crippen LogP contribution in [0.2, 0.25) is 0 Å². The molecule has 0 aromatic heterocycles. The van der Waals surface area contributed by atoms with Crippen LogP contribution in [0.5, 0.6) is 5.75 Å². The number of anilines is 1. The second-order valence-electron chi connectivity index (χ2n) is 5.61. The lowest BCUT2D eigenvalue weighted by Crippen LogP contribution is -2.28. The number of methoxy groups -OCH3 is 1. The van der Waals surface area contributed by atoms with Gasteiger partial charge in [0.2, 0.25) is 0 Å². The fourth-order valence-electron chi connectivity index (χ4n) is 2.26. The number of ether oxygens (including phenoxy) is 1. The molecule has 0 fully saturated rings. The van der Waals surface area contributed by atoms with Gasteiger partial charge in [-0.1, -0.05) is 56.3 Å². The van der Waals surface area contributed by atoms with Crippen LogP contribution in [-0.4, -0.2) is 25.3 Å². The van der Waals surface area contributed by atoms with Crippen LogP contribution in [-0.2, 0) is 4.79 Å². The molecule has 5 heteroatoms. The highest BCUT2D eigenvalue weighted by Crippen LogP contribution is 2.22. The monoisotopic (exact) mass is 325 g/mol. The second kappa shape index (κ2) is 8.72. The summed E-state index contributed by atoms with van der Waals surface area (Å²) in [5, 5.41) is 7.34. The molecule has 2 rings (SSSR count). The van der Waals surface area contributed by atoms with E-state index in [9.17, 15) is 4.79 Å². The van der Waals surface area contributed by atoms with Gasteiger partial charge in [0.1, 0.15) is 5.75 Å². The lowest BCUT2D eigenvalue weighted by Gasteiger charge is -2.12. The number of para-hydroxylation sites is 2. The summed E-state index contributed by atoms with van der Waals surface area (Å²) in [6, 6.07) is 17.3. The number of hydrazone groups is 1. The van der Waals surface area contributed by atoms with Gasteiger partial charge in [-0.2, -0.15) is 5.10 Å². The number of amides is 1. The van der Waals surface area contributed by atoms with Crippen molar-refractivity contribution in [2.75, 3.05) is 19.0 Å². The molecular formula is C19H23N3O2. The van der Waals surface area contributed by atoms with Crippen molar-refractivity contribution in [3.8, 4) is 5.75 Å². The summed E-state index contributed by atoms with van der Waals surface area (Å²) in [5.41, 5.74) is 5.24. The van der Waals surface area contributed by atoms with Gasteiger partial charge in [0, 0.05) is 0 Å². The number of hydrogen-bond donors (Lipinski definition) is 2. The second-order valence-corrected chi connectivity index (χ2v) is 5.61. The van der Waals surface area contributed by atoms with E-state index < -0.39 is 0 Å². The summed E-state index contributed by atoms with van der Waals surface area (Å²) < 4.78 is 5.24. The zero-order valence-corrected chi connectivity index (χ0v) is 14.2. The lowest BCUT2D eigenvalue weighted by atomic mass is 10.0. The molecule has 2 aromatic rings. The van der Waals surface area contributed by atoms with Gasteiger partial charge in [-0.25, -0.2) is 5.43 Å². The molecule has 0 saturated carbocycles. The molecule has 0 unspecified atom stereocenters. The molecule has 0 saturated heterocycles. The summed E-state index contributed by atoms with van der Waals surface area (Å²) in [4.78, 5) is 12.1. The van der Waals surface area contributed by atoms with Crippen LogP contribution in [0.3, 0.4) is 0 Å². The first-order valence-electron chi connectivity index (χ1n) is 7.90. The van der Waals surface area contributed by atoms with E-state index in [-0.39, 0.29) is 18.4 Å². The topological polar surface area (TPSA) is 62.7 Å². The van der Waals surface area contributed by atoms with E-state index in [0.29, 0.717) is 5.75 Å². The summed E-state index contributed by atoms with van der Waals surface area (Å²) in [6.07, 6.45) is 0. The normalized spacial score (nSPS) is 11.2. The number of carbonyl (C=O) groups excluding carboxylic acids is 1. The molecule has 0 radical (unpaired) electrons. The third-order valence-electron chi connectivity index (χ3n) is 3.46. The van der Waals surface area contributed by atoms with Crippen LogP contribution in [0.25, 0.3) is 0 Å². The van der Waals surface area contributed by atoms with Crippen LogP contribution in [0.1, 0.15) is 19.4 Å². The minimum atomic E-state index is -0.213. The molecule has 2 N–H and O–H groups in total. The van der Waals surface area contributed by atoms with Crippen molar-refractivity contribution < 1.29 is 9.53 Å². The van der Waals surface area contributed by atoms with Crippen LogP contribution in [0.4, 0.5) is 5.69 Å². The van der Waals surface area contributed by atoms with Gasteiger partial charge >= 0.3 is 0 Å². The first-order valence-corrected chi connectivity index (χ1v) is 7.90. The van der Waals surface area contributed by atoms with Gasteiger partial charge in [0.15, 0.2) is 0 Å². The number of hydrogen-bond acceptors (Lipinski definition) is 4. The first kappa shape index (κ1) is 17.5. The molecule has 5 nitrogen and oxygen atoms in total. The van der Waals surface area contributed by atoms with Crippen LogP contribution >= 0.6 is 0 Å². The average Bonchev–Trinajstić information content (AvgIpc) is 2.61. The number of nitrogens with zero attached hydrogens (tertiary/aromatic N) is 1. The van der Waals surface area contributed by atoms with E-state index in [0.717, 1.165) is 17.0 Å². The van der Waals surface area contributed by atoms with E-state index in [1.165, 1.54) is 0 Å². The van der Waals surface area contributed by atoms with E-state index >= 15 is 0 Å². The number of rotatable bonds is 7. The molecule has 0 atom stereocenters. The first-order chi connectivity index (χ1) is 11.6. The molecule has 1 amide bonds. The van der Waals surface area contributed by atoms with Crippen molar-refractivity contribution in [2.45, 2.75) is 13.8 Å². The Morgan fingerprint density at radius 1 is 1.08 bits per heavy atom. The number of carbonyl (C=O) groups is 1. The maximum atomic E-state index is 12.1. The zero-order valence-electron chi connectivity index (χ0n) is 14.2. The van der Waals surface area contributed by atoms with Crippen molar-refractivity contribution in [3.63, 3.8) is 0 Å². The minimum absolute atomic E-state index is 0.115. The van der Waals surface area contributed by atoms with Crippen LogP contribution < -0.4 is 15.5 Å². The van der Waals surface area contributed by atoms with Gasteiger partial charge < -0.3 is 10.1 Å². The molecule has 0 aliphatic carbocycles. The van der Waals surface area contributed by atoms with Gasteiger partial charge in [-0.15, -0.1) is 0 Å². The number of benzene rings is 2. The van der Waals surface area contributed by atoms with Crippen LogP contribution in [0.15, 0.2) is 59.7 Å². The minimum Gasteiger partial charge on any atom is -0.495 e.